The van der Waals surface area contributed by atoms with Gasteiger partial charge in [0.1, 0.15) is 5.75 Å². The second-order valence-electron chi connectivity index (χ2n) is 7.35. The molecule has 0 aromatic heterocycles. The van der Waals surface area contributed by atoms with Crippen molar-refractivity contribution in [2.75, 3.05) is 6.61 Å². The summed E-state index contributed by atoms with van der Waals surface area (Å²) in [5, 5.41) is 0. The predicted molar refractivity (Wildman–Crippen MR) is 114 cm³/mol. The smallest absolute Gasteiger partial charge is 0.193 e. The average Bonchev–Trinajstić information content (AvgIpc) is 2.70. The van der Waals surface area contributed by atoms with Crippen LogP contribution in [-0.2, 0) is 0 Å². The summed E-state index contributed by atoms with van der Waals surface area (Å²) in [7, 11) is 0. The molecule has 0 aliphatic carbocycles. The van der Waals surface area contributed by atoms with E-state index in [0.717, 1.165) is 29.9 Å². The summed E-state index contributed by atoms with van der Waals surface area (Å²) in [6, 6.07) is 15.2. The molecule has 0 bridgehead atoms. The third kappa shape index (κ3) is 7.58. The molecular formula is C25H34O2. The molecule has 2 nitrogen and oxygen atoms in total. The van der Waals surface area contributed by atoms with E-state index in [2.05, 4.69) is 6.92 Å². The maximum atomic E-state index is 12.6. The lowest BCUT2D eigenvalue weighted by molar-refractivity contribution is 0.103. The molecule has 0 saturated carbocycles. The maximum absolute atomic E-state index is 12.6. The molecule has 0 radical (unpaired) electrons. The van der Waals surface area contributed by atoms with Gasteiger partial charge >= 0.3 is 0 Å². The number of rotatable bonds is 13. The molecule has 2 rings (SSSR count). The Hall–Kier alpha value is -2.09. The van der Waals surface area contributed by atoms with Gasteiger partial charge in [-0.1, -0.05) is 82.6 Å². The minimum absolute atomic E-state index is 0.0681. The van der Waals surface area contributed by atoms with Crippen LogP contribution in [0.4, 0.5) is 0 Å². The summed E-state index contributed by atoms with van der Waals surface area (Å²) in [4.78, 5) is 12.6. The number of carbonyl (C=O) groups is 1. The van der Waals surface area contributed by atoms with E-state index in [9.17, 15) is 4.79 Å². The van der Waals surface area contributed by atoms with Crippen molar-refractivity contribution in [3.8, 4) is 5.75 Å². The number of benzene rings is 2. The van der Waals surface area contributed by atoms with Gasteiger partial charge in [0.05, 0.1) is 6.61 Å². The molecule has 0 unspecified atom stereocenters. The highest BCUT2D eigenvalue weighted by molar-refractivity contribution is 6.09. The minimum Gasteiger partial charge on any atom is -0.494 e. The van der Waals surface area contributed by atoms with Gasteiger partial charge in [0.25, 0.3) is 0 Å². The number of aryl methyl sites for hydroxylation is 1. The highest BCUT2D eigenvalue weighted by atomic mass is 16.5. The fourth-order valence-electron chi connectivity index (χ4n) is 3.29. The van der Waals surface area contributed by atoms with Gasteiger partial charge in [-0.2, -0.15) is 0 Å². The van der Waals surface area contributed by atoms with Gasteiger partial charge in [-0.05, 0) is 43.2 Å². The number of unbranched alkanes of at least 4 members (excludes halogenated alkanes) is 8. The van der Waals surface area contributed by atoms with Gasteiger partial charge in [0.15, 0.2) is 5.78 Å². The second kappa shape index (κ2) is 12.3. The van der Waals surface area contributed by atoms with Crippen molar-refractivity contribution in [3.63, 3.8) is 0 Å². The number of hydrogen-bond acceptors (Lipinski definition) is 2. The Morgan fingerprint density at radius 3 is 2.00 bits per heavy atom. The van der Waals surface area contributed by atoms with E-state index in [-0.39, 0.29) is 5.78 Å². The molecule has 0 saturated heterocycles. The zero-order valence-corrected chi connectivity index (χ0v) is 17.0. The first-order chi connectivity index (χ1) is 13.2. The summed E-state index contributed by atoms with van der Waals surface area (Å²) in [6.45, 7) is 4.98. The van der Waals surface area contributed by atoms with Gasteiger partial charge in [-0.25, -0.2) is 0 Å². The van der Waals surface area contributed by atoms with Crippen LogP contribution in [0.2, 0.25) is 0 Å². The van der Waals surface area contributed by atoms with E-state index >= 15 is 0 Å². The molecule has 27 heavy (non-hydrogen) atoms. The van der Waals surface area contributed by atoms with Crippen LogP contribution in [0.1, 0.15) is 86.2 Å². The van der Waals surface area contributed by atoms with Crippen LogP contribution >= 0.6 is 0 Å². The Morgan fingerprint density at radius 2 is 1.37 bits per heavy atom. The Labute approximate surface area is 165 Å². The highest BCUT2D eigenvalue weighted by Gasteiger charge is 2.11. The van der Waals surface area contributed by atoms with E-state index in [1.807, 2.05) is 55.5 Å². The van der Waals surface area contributed by atoms with E-state index in [0.29, 0.717) is 5.56 Å². The number of carbonyl (C=O) groups excluding carboxylic acids is 1. The first kappa shape index (κ1) is 21.2. The van der Waals surface area contributed by atoms with E-state index in [4.69, 9.17) is 4.74 Å². The molecule has 0 aliphatic heterocycles. The van der Waals surface area contributed by atoms with Crippen molar-refractivity contribution < 1.29 is 9.53 Å². The van der Waals surface area contributed by atoms with Gasteiger partial charge in [-0.3, -0.25) is 4.79 Å². The van der Waals surface area contributed by atoms with Crippen LogP contribution in [-0.4, -0.2) is 12.4 Å². The first-order valence-electron chi connectivity index (χ1n) is 10.6. The van der Waals surface area contributed by atoms with Crippen molar-refractivity contribution in [1.29, 1.82) is 0 Å². The first-order valence-corrected chi connectivity index (χ1v) is 10.6. The van der Waals surface area contributed by atoms with Gasteiger partial charge in [-0.15, -0.1) is 0 Å². The fraction of sp³-hybridized carbons (Fsp3) is 0.480. The summed E-state index contributed by atoms with van der Waals surface area (Å²) < 4.78 is 5.82. The molecule has 2 aromatic carbocycles. The Morgan fingerprint density at radius 1 is 0.778 bits per heavy atom. The topological polar surface area (TPSA) is 26.3 Å². The summed E-state index contributed by atoms with van der Waals surface area (Å²) >= 11 is 0. The third-order valence-corrected chi connectivity index (χ3v) is 5.02. The maximum Gasteiger partial charge on any atom is 0.193 e. The molecule has 146 valence electrons. The standard InChI is InChI=1S/C25H34O2/c1-3-4-5-6-7-8-9-10-13-20-27-23-18-16-22(17-19-23)25(26)24-15-12-11-14-21(24)2/h11-12,14-19H,3-10,13,20H2,1-2H3. The number of ether oxygens (including phenoxy) is 1. The quantitative estimate of drug-likeness (QED) is 0.278. The van der Waals surface area contributed by atoms with Gasteiger partial charge in [0.2, 0.25) is 0 Å². The SMILES string of the molecule is CCCCCCCCCCCOc1ccc(C(=O)c2ccccc2C)cc1. The molecule has 0 heterocycles. The van der Waals surface area contributed by atoms with Crippen molar-refractivity contribution in [2.24, 2.45) is 0 Å². The molecule has 2 heteroatoms. The molecular weight excluding hydrogens is 332 g/mol. The number of hydrogen-bond donors (Lipinski definition) is 0. The van der Waals surface area contributed by atoms with Crippen molar-refractivity contribution >= 4 is 5.78 Å². The lowest BCUT2D eigenvalue weighted by atomic mass is 9.99. The van der Waals surface area contributed by atoms with E-state index in [1.165, 1.54) is 51.4 Å². The Kier molecular flexibility index (Phi) is 9.68. The fourth-order valence-corrected chi connectivity index (χ4v) is 3.29. The molecule has 0 aliphatic rings. The predicted octanol–water partition coefficient (Wildman–Crippen LogP) is 7.14. The van der Waals surface area contributed by atoms with Gasteiger partial charge < -0.3 is 4.74 Å². The molecule has 0 N–H and O–H groups in total. The minimum atomic E-state index is 0.0681. The zero-order chi connectivity index (χ0) is 19.3. The lowest BCUT2D eigenvalue weighted by Crippen LogP contribution is -2.04. The second-order valence-corrected chi connectivity index (χ2v) is 7.35. The normalized spacial score (nSPS) is 10.7. The molecule has 0 atom stereocenters. The van der Waals surface area contributed by atoms with Gasteiger partial charge in [0, 0.05) is 11.1 Å². The average molecular weight is 367 g/mol. The van der Waals surface area contributed by atoms with Crippen LogP contribution < -0.4 is 4.74 Å². The van der Waals surface area contributed by atoms with Crippen LogP contribution in [0.3, 0.4) is 0 Å². The zero-order valence-electron chi connectivity index (χ0n) is 17.0. The van der Waals surface area contributed by atoms with Crippen molar-refractivity contribution in [2.45, 2.75) is 71.6 Å². The van der Waals surface area contributed by atoms with Crippen LogP contribution in [0, 0.1) is 6.92 Å². The third-order valence-electron chi connectivity index (χ3n) is 5.02. The van der Waals surface area contributed by atoms with E-state index in [1.54, 1.807) is 0 Å². The van der Waals surface area contributed by atoms with Crippen molar-refractivity contribution in [1.82, 2.24) is 0 Å². The lowest BCUT2D eigenvalue weighted by Gasteiger charge is -2.08. The summed E-state index contributed by atoms with van der Waals surface area (Å²) in [6.07, 6.45) is 11.8. The van der Waals surface area contributed by atoms with Crippen molar-refractivity contribution in [3.05, 3.63) is 65.2 Å². The largest absolute Gasteiger partial charge is 0.494 e. The Balaban J connectivity index is 1.65. The monoisotopic (exact) mass is 366 g/mol. The Bertz CT molecular complexity index is 673. The van der Waals surface area contributed by atoms with Crippen LogP contribution in [0.5, 0.6) is 5.75 Å². The highest BCUT2D eigenvalue weighted by Crippen LogP contribution is 2.18. The molecule has 0 amide bonds. The van der Waals surface area contributed by atoms with Crippen LogP contribution in [0.25, 0.3) is 0 Å². The summed E-state index contributed by atoms with van der Waals surface area (Å²) in [5.74, 6) is 0.912. The number of ketones is 1. The van der Waals surface area contributed by atoms with Crippen LogP contribution in [0.15, 0.2) is 48.5 Å². The molecule has 0 fully saturated rings. The summed E-state index contributed by atoms with van der Waals surface area (Å²) in [5.41, 5.74) is 2.48. The molecule has 0 spiro atoms. The van der Waals surface area contributed by atoms with E-state index < -0.39 is 0 Å². The molecule has 2 aromatic rings.